The van der Waals surface area contributed by atoms with Crippen LogP contribution in [0.3, 0.4) is 0 Å². The molecule has 2 rings (SSSR count). The molecule has 1 aromatic heterocycles. The molecule has 1 heterocycles. The highest BCUT2D eigenvalue weighted by atomic mass is 16.5. The van der Waals surface area contributed by atoms with Crippen molar-refractivity contribution in [2.75, 3.05) is 14.2 Å². The average molecular weight is 302 g/mol. The summed E-state index contributed by atoms with van der Waals surface area (Å²) in [6.07, 6.45) is 0.635. The van der Waals surface area contributed by atoms with Gasteiger partial charge in [-0.05, 0) is 25.5 Å². The predicted molar refractivity (Wildman–Crippen MR) is 80.9 cm³/mol. The second kappa shape index (κ2) is 6.47. The summed E-state index contributed by atoms with van der Waals surface area (Å²) in [5.74, 6) is 0.344. The minimum atomic E-state index is -0.407. The Labute approximate surface area is 128 Å². The van der Waals surface area contributed by atoms with E-state index in [0.29, 0.717) is 29.1 Å². The monoisotopic (exact) mass is 302 g/mol. The summed E-state index contributed by atoms with van der Waals surface area (Å²) in [5, 5.41) is 0. The van der Waals surface area contributed by atoms with E-state index in [1.165, 1.54) is 14.2 Å². The van der Waals surface area contributed by atoms with Crippen molar-refractivity contribution in [1.29, 1.82) is 0 Å². The number of hydrogen-bond acceptors (Lipinski definition) is 5. The number of aryl methyl sites for hydroxylation is 1. The van der Waals surface area contributed by atoms with Crippen LogP contribution in [0, 0.1) is 6.92 Å². The molecule has 0 saturated carbocycles. The summed E-state index contributed by atoms with van der Waals surface area (Å²) in [5.41, 5.74) is 2.52. The lowest BCUT2D eigenvalue weighted by Gasteiger charge is -2.04. The van der Waals surface area contributed by atoms with Crippen LogP contribution in [0.1, 0.15) is 39.0 Å². The quantitative estimate of drug-likeness (QED) is 0.810. The van der Waals surface area contributed by atoms with Crippen molar-refractivity contribution in [2.45, 2.75) is 20.3 Å². The van der Waals surface area contributed by atoms with Gasteiger partial charge in [-0.3, -0.25) is 0 Å². The molecule has 1 aromatic carbocycles. The second-order valence-electron chi connectivity index (χ2n) is 4.75. The lowest BCUT2D eigenvalue weighted by Crippen LogP contribution is -2.05. The molecule has 0 amide bonds. The zero-order valence-corrected chi connectivity index (χ0v) is 13.1. The summed E-state index contributed by atoms with van der Waals surface area (Å²) < 4.78 is 15.2. The first-order valence-electron chi connectivity index (χ1n) is 6.92. The van der Waals surface area contributed by atoms with Crippen molar-refractivity contribution in [3.8, 4) is 11.3 Å². The van der Waals surface area contributed by atoms with Crippen LogP contribution in [0.15, 0.2) is 28.7 Å². The summed E-state index contributed by atoms with van der Waals surface area (Å²) in [7, 11) is 2.68. The average Bonchev–Trinajstić information content (AvgIpc) is 2.89. The van der Waals surface area contributed by atoms with Crippen molar-refractivity contribution in [3.63, 3.8) is 0 Å². The minimum absolute atomic E-state index is 0.395. The Kier molecular flexibility index (Phi) is 4.65. The van der Waals surface area contributed by atoms with Gasteiger partial charge >= 0.3 is 11.9 Å². The predicted octanol–water partition coefficient (Wildman–Crippen LogP) is 3.39. The van der Waals surface area contributed by atoms with Crippen molar-refractivity contribution >= 4 is 11.9 Å². The number of benzene rings is 1. The lowest BCUT2D eigenvalue weighted by atomic mass is 10.0. The van der Waals surface area contributed by atoms with Gasteiger partial charge < -0.3 is 13.9 Å². The van der Waals surface area contributed by atoms with Gasteiger partial charge in [0.2, 0.25) is 0 Å². The highest BCUT2D eigenvalue weighted by molar-refractivity contribution is 5.94. The van der Waals surface area contributed by atoms with E-state index in [1.54, 1.807) is 31.2 Å². The van der Waals surface area contributed by atoms with Crippen LogP contribution in [0.2, 0.25) is 0 Å². The number of hydrogen-bond donors (Lipinski definition) is 0. The standard InChI is InChI=1S/C17H18O5/c1-5-13-14(17(19)21-4)10(2)22-15(13)11-6-8-12(9-7-11)16(18)20-3/h6-9H,5H2,1-4H3. The van der Waals surface area contributed by atoms with Gasteiger partial charge in [0.15, 0.2) is 0 Å². The van der Waals surface area contributed by atoms with Gasteiger partial charge in [0.05, 0.1) is 19.8 Å². The van der Waals surface area contributed by atoms with Gasteiger partial charge in [0.1, 0.15) is 17.1 Å². The Morgan fingerprint density at radius 3 is 2.14 bits per heavy atom. The number of ether oxygens (including phenoxy) is 2. The molecule has 116 valence electrons. The number of carbonyl (C=O) groups excluding carboxylic acids is 2. The van der Waals surface area contributed by atoms with Crippen LogP contribution >= 0.6 is 0 Å². The Bertz CT molecular complexity index is 695. The first-order valence-corrected chi connectivity index (χ1v) is 6.92. The molecule has 0 spiro atoms. The largest absolute Gasteiger partial charge is 0.465 e. The SMILES string of the molecule is CCc1c(-c2ccc(C(=O)OC)cc2)oc(C)c1C(=O)OC. The number of rotatable bonds is 4. The fourth-order valence-electron chi connectivity index (χ4n) is 2.41. The van der Waals surface area contributed by atoms with E-state index >= 15 is 0 Å². The maximum atomic E-state index is 11.9. The van der Waals surface area contributed by atoms with Crippen molar-refractivity contribution < 1.29 is 23.5 Å². The third-order valence-corrected chi connectivity index (χ3v) is 3.49. The molecule has 2 aromatic rings. The van der Waals surface area contributed by atoms with E-state index in [0.717, 1.165) is 11.1 Å². The fraction of sp³-hybridized carbons (Fsp3) is 0.294. The van der Waals surface area contributed by atoms with Gasteiger partial charge in [-0.2, -0.15) is 0 Å². The zero-order valence-electron chi connectivity index (χ0n) is 13.1. The van der Waals surface area contributed by atoms with E-state index < -0.39 is 11.9 Å². The van der Waals surface area contributed by atoms with Crippen molar-refractivity contribution in [1.82, 2.24) is 0 Å². The molecule has 0 N–H and O–H groups in total. The van der Waals surface area contributed by atoms with Gasteiger partial charge in [0, 0.05) is 11.1 Å². The Morgan fingerprint density at radius 2 is 1.64 bits per heavy atom. The van der Waals surface area contributed by atoms with E-state index in [-0.39, 0.29) is 0 Å². The molecule has 0 aliphatic carbocycles. The third-order valence-electron chi connectivity index (χ3n) is 3.49. The zero-order chi connectivity index (χ0) is 16.3. The lowest BCUT2D eigenvalue weighted by molar-refractivity contribution is 0.0590. The molecule has 0 fully saturated rings. The van der Waals surface area contributed by atoms with Gasteiger partial charge in [-0.1, -0.05) is 19.1 Å². The number of esters is 2. The van der Waals surface area contributed by atoms with E-state index in [2.05, 4.69) is 4.74 Å². The topological polar surface area (TPSA) is 65.7 Å². The van der Waals surface area contributed by atoms with Crippen LogP contribution in [-0.4, -0.2) is 26.2 Å². The van der Waals surface area contributed by atoms with E-state index in [4.69, 9.17) is 9.15 Å². The highest BCUT2D eigenvalue weighted by Crippen LogP contribution is 2.32. The summed E-state index contributed by atoms with van der Waals surface area (Å²) in [6, 6.07) is 6.86. The molecule has 0 aliphatic rings. The number of carbonyl (C=O) groups is 2. The van der Waals surface area contributed by atoms with Crippen LogP contribution in [-0.2, 0) is 15.9 Å². The minimum Gasteiger partial charge on any atom is -0.465 e. The van der Waals surface area contributed by atoms with Gasteiger partial charge in [-0.25, -0.2) is 9.59 Å². The molecule has 0 aliphatic heterocycles. The van der Waals surface area contributed by atoms with E-state index in [1.807, 2.05) is 6.92 Å². The van der Waals surface area contributed by atoms with Crippen molar-refractivity contribution in [3.05, 3.63) is 46.7 Å². The third kappa shape index (κ3) is 2.74. The molecule has 0 saturated heterocycles. The molecule has 5 nitrogen and oxygen atoms in total. The molecule has 5 heteroatoms. The fourth-order valence-corrected chi connectivity index (χ4v) is 2.41. The Morgan fingerprint density at radius 1 is 1.05 bits per heavy atom. The maximum Gasteiger partial charge on any atom is 0.341 e. The molecule has 0 unspecified atom stereocenters. The first kappa shape index (κ1) is 15.8. The molecule has 0 bridgehead atoms. The molecular weight excluding hydrogens is 284 g/mol. The Balaban J connectivity index is 2.49. The van der Waals surface area contributed by atoms with Gasteiger partial charge in [0.25, 0.3) is 0 Å². The van der Waals surface area contributed by atoms with Crippen molar-refractivity contribution in [2.24, 2.45) is 0 Å². The van der Waals surface area contributed by atoms with E-state index in [9.17, 15) is 9.59 Å². The van der Waals surface area contributed by atoms with Crippen LogP contribution in [0.4, 0.5) is 0 Å². The normalized spacial score (nSPS) is 10.4. The first-order chi connectivity index (χ1) is 10.5. The maximum absolute atomic E-state index is 11.9. The van der Waals surface area contributed by atoms with Gasteiger partial charge in [-0.15, -0.1) is 0 Å². The number of furan rings is 1. The molecule has 0 atom stereocenters. The highest BCUT2D eigenvalue weighted by Gasteiger charge is 2.23. The summed E-state index contributed by atoms with van der Waals surface area (Å²) >= 11 is 0. The van der Waals surface area contributed by atoms with Crippen LogP contribution < -0.4 is 0 Å². The summed E-state index contributed by atoms with van der Waals surface area (Å²) in [6.45, 7) is 3.68. The number of methoxy groups -OCH3 is 2. The molecular formula is C17H18O5. The summed E-state index contributed by atoms with van der Waals surface area (Å²) in [4.78, 5) is 23.4. The van der Waals surface area contributed by atoms with Crippen LogP contribution in [0.25, 0.3) is 11.3 Å². The molecule has 0 radical (unpaired) electrons. The molecule has 22 heavy (non-hydrogen) atoms. The smallest absolute Gasteiger partial charge is 0.341 e. The second-order valence-corrected chi connectivity index (χ2v) is 4.75. The Hall–Kier alpha value is -2.56. The van der Waals surface area contributed by atoms with Crippen LogP contribution in [0.5, 0.6) is 0 Å².